The molecule has 1 atom stereocenters. The highest BCUT2D eigenvalue weighted by atomic mass is 16.5. The molecule has 5 nitrogen and oxygen atoms in total. The molecule has 0 radical (unpaired) electrons. The number of rotatable bonds is 4. The Balaban J connectivity index is 1.62. The lowest BCUT2D eigenvalue weighted by atomic mass is 9.89. The van der Waals surface area contributed by atoms with E-state index in [2.05, 4.69) is 10.6 Å². The highest BCUT2D eigenvalue weighted by Gasteiger charge is 2.30. The second-order valence-electron chi connectivity index (χ2n) is 5.95. The van der Waals surface area contributed by atoms with Gasteiger partial charge in [-0.2, -0.15) is 0 Å². The number of ether oxygens (including phenoxy) is 1. The molecular formula is C17H22N2O3. The molecule has 0 unspecified atom stereocenters. The van der Waals surface area contributed by atoms with Gasteiger partial charge in [-0.05, 0) is 32.8 Å². The molecule has 1 heterocycles. The molecular weight excluding hydrogens is 280 g/mol. The number of aryl methyl sites for hydroxylation is 1. The van der Waals surface area contributed by atoms with Gasteiger partial charge >= 0.3 is 6.03 Å². The minimum atomic E-state index is -0.175. The van der Waals surface area contributed by atoms with Crippen LogP contribution in [-0.2, 0) is 4.74 Å². The summed E-state index contributed by atoms with van der Waals surface area (Å²) in [5, 5.41) is 7.00. The van der Waals surface area contributed by atoms with Crippen LogP contribution >= 0.6 is 0 Å². The van der Waals surface area contributed by atoms with E-state index in [4.69, 9.17) is 9.15 Å². The highest BCUT2D eigenvalue weighted by Crippen LogP contribution is 2.29. The number of urea groups is 1. The van der Waals surface area contributed by atoms with Crippen LogP contribution in [0, 0.1) is 6.92 Å². The maximum Gasteiger partial charge on any atom is 0.315 e. The fourth-order valence-corrected chi connectivity index (χ4v) is 2.97. The van der Waals surface area contributed by atoms with Crippen molar-refractivity contribution in [3.05, 3.63) is 35.6 Å². The lowest BCUT2D eigenvalue weighted by Crippen LogP contribution is -2.51. The van der Waals surface area contributed by atoms with Crippen molar-refractivity contribution in [1.29, 1.82) is 0 Å². The van der Waals surface area contributed by atoms with Crippen LogP contribution in [0.1, 0.15) is 37.1 Å². The summed E-state index contributed by atoms with van der Waals surface area (Å²) in [6, 6.07) is 7.78. The van der Waals surface area contributed by atoms with Crippen molar-refractivity contribution in [1.82, 2.24) is 10.6 Å². The minimum absolute atomic E-state index is 0.160. The molecule has 0 bridgehead atoms. The standard InChI is InChI=1S/C17H22N2O3/c1-10-14-6-4-5-7-15(14)22-16(10)11(2)18-17(20)19-12-8-13(9-12)21-3/h4-7,11-13H,8-9H2,1-3H3,(H2,18,19,20)/t11-,12?,13?/m0/s1. The largest absolute Gasteiger partial charge is 0.459 e. The second-order valence-corrected chi connectivity index (χ2v) is 5.95. The second kappa shape index (κ2) is 6.01. The van der Waals surface area contributed by atoms with Gasteiger partial charge in [-0.3, -0.25) is 0 Å². The van der Waals surface area contributed by atoms with Gasteiger partial charge < -0.3 is 19.8 Å². The SMILES string of the molecule is COC1CC(NC(=O)N[C@@H](C)c2oc3ccccc3c2C)C1. The lowest BCUT2D eigenvalue weighted by molar-refractivity contribution is 0.0205. The van der Waals surface area contributed by atoms with Crippen LogP contribution in [0.15, 0.2) is 28.7 Å². The zero-order chi connectivity index (χ0) is 15.7. The van der Waals surface area contributed by atoms with Gasteiger partial charge in [-0.1, -0.05) is 18.2 Å². The Morgan fingerprint density at radius 2 is 2.09 bits per heavy atom. The van der Waals surface area contributed by atoms with E-state index < -0.39 is 0 Å². The third-order valence-electron chi connectivity index (χ3n) is 4.38. The molecule has 22 heavy (non-hydrogen) atoms. The van der Waals surface area contributed by atoms with Crippen LogP contribution in [0.3, 0.4) is 0 Å². The quantitative estimate of drug-likeness (QED) is 0.911. The molecule has 5 heteroatoms. The summed E-state index contributed by atoms with van der Waals surface area (Å²) >= 11 is 0. The smallest absolute Gasteiger partial charge is 0.315 e. The number of nitrogens with one attached hydrogen (secondary N) is 2. The van der Waals surface area contributed by atoms with E-state index >= 15 is 0 Å². The zero-order valence-corrected chi connectivity index (χ0v) is 13.2. The molecule has 0 saturated heterocycles. The Kier molecular flexibility index (Phi) is 4.07. The van der Waals surface area contributed by atoms with Crippen molar-refractivity contribution in [2.75, 3.05) is 7.11 Å². The summed E-state index contributed by atoms with van der Waals surface area (Å²) in [6.07, 6.45) is 2.03. The normalized spacial score (nSPS) is 22.1. The van der Waals surface area contributed by atoms with Crippen molar-refractivity contribution < 1.29 is 13.9 Å². The summed E-state index contributed by atoms with van der Waals surface area (Å²) in [6.45, 7) is 3.95. The predicted octanol–water partition coefficient (Wildman–Crippen LogP) is 3.28. The van der Waals surface area contributed by atoms with Gasteiger partial charge in [0.15, 0.2) is 0 Å². The first-order chi connectivity index (χ1) is 10.6. The Morgan fingerprint density at radius 1 is 1.36 bits per heavy atom. The van der Waals surface area contributed by atoms with Crippen LogP contribution in [0.4, 0.5) is 4.79 Å². The van der Waals surface area contributed by atoms with E-state index in [0.717, 1.165) is 35.1 Å². The van der Waals surface area contributed by atoms with Gasteiger partial charge in [0.1, 0.15) is 11.3 Å². The van der Waals surface area contributed by atoms with Gasteiger partial charge in [-0.15, -0.1) is 0 Å². The van der Waals surface area contributed by atoms with E-state index in [-0.39, 0.29) is 24.2 Å². The summed E-state index contributed by atoms with van der Waals surface area (Å²) in [5.41, 5.74) is 1.93. The first-order valence-corrected chi connectivity index (χ1v) is 7.66. The molecule has 2 aromatic rings. The number of methoxy groups -OCH3 is 1. The van der Waals surface area contributed by atoms with Crippen molar-refractivity contribution >= 4 is 17.0 Å². The molecule has 1 aromatic heterocycles. The molecule has 1 aliphatic carbocycles. The number of fused-ring (bicyclic) bond motifs is 1. The monoisotopic (exact) mass is 302 g/mol. The van der Waals surface area contributed by atoms with E-state index in [1.165, 1.54) is 0 Å². The van der Waals surface area contributed by atoms with E-state index in [1.807, 2.05) is 38.1 Å². The fourth-order valence-electron chi connectivity index (χ4n) is 2.97. The third kappa shape index (κ3) is 2.81. The molecule has 1 aromatic carbocycles. The predicted molar refractivity (Wildman–Crippen MR) is 84.9 cm³/mol. The molecule has 1 aliphatic rings. The van der Waals surface area contributed by atoms with Crippen LogP contribution < -0.4 is 10.6 Å². The molecule has 0 aliphatic heterocycles. The number of hydrogen-bond acceptors (Lipinski definition) is 3. The highest BCUT2D eigenvalue weighted by molar-refractivity contribution is 5.82. The zero-order valence-electron chi connectivity index (χ0n) is 13.2. The van der Waals surface area contributed by atoms with E-state index in [1.54, 1.807) is 7.11 Å². The van der Waals surface area contributed by atoms with Crippen molar-refractivity contribution in [2.45, 2.75) is 44.9 Å². The summed E-state index contributed by atoms with van der Waals surface area (Å²) < 4.78 is 11.1. The Hall–Kier alpha value is -2.01. The minimum Gasteiger partial charge on any atom is -0.459 e. The Bertz CT molecular complexity index is 674. The molecule has 0 spiro atoms. The Morgan fingerprint density at radius 3 is 2.77 bits per heavy atom. The molecule has 1 fully saturated rings. The summed E-state index contributed by atoms with van der Waals surface area (Å²) in [5.74, 6) is 0.805. The van der Waals surface area contributed by atoms with Crippen LogP contribution in [0.25, 0.3) is 11.0 Å². The summed E-state index contributed by atoms with van der Waals surface area (Å²) in [7, 11) is 1.70. The van der Waals surface area contributed by atoms with Crippen LogP contribution in [0.2, 0.25) is 0 Å². The van der Waals surface area contributed by atoms with E-state index in [0.29, 0.717) is 0 Å². The molecule has 2 N–H and O–H groups in total. The van der Waals surface area contributed by atoms with Gasteiger partial charge in [0, 0.05) is 24.1 Å². The number of amides is 2. The van der Waals surface area contributed by atoms with Gasteiger partial charge in [0.2, 0.25) is 0 Å². The lowest BCUT2D eigenvalue weighted by Gasteiger charge is -2.34. The van der Waals surface area contributed by atoms with Crippen molar-refractivity contribution in [3.63, 3.8) is 0 Å². The molecule has 3 rings (SSSR count). The number of carbonyl (C=O) groups excluding carboxylic acids is 1. The van der Waals surface area contributed by atoms with Gasteiger partial charge in [0.25, 0.3) is 0 Å². The number of hydrogen-bond donors (Lipinski definition) is 2. The average molecular weight is 302 g/mol. The first kappa shape index (κ1) is 14.9. The van der Waals surface area contributed by atoms with Crippen molar-refractivity contribution in [3.8, 4) is 0 Å². The molecule has 118 valence electrons. The topological polar surface area (TPSA) is 63.5 Å². The number of para-hydroxylation sites is 1. The maximum absolute atomic E-state index is 12.0. The molecule has 2 amide bonds. The summed E-state index contributed by atoms with van der Waals surface area (Å²) in [4.78, 5) is 12.0. The maximum atomic E-state index is 12.0. The fraction of sp³-hybridized carbons (Fsp3) is 0.471. The van der Waals surface area contributed by atoms with Gasteiger partial charge in [0.05, 0.1) is 12.1 Å². The number of benzene rings is 1. The van der Waals surface area contributed by atoms with Crippen LogP contribution in [-0.4, -0.2) is 25.3 Å². The van der Waals surface area contributed by atoms with Crippen molar-refractivity contribution in [2.24, 2.45) is 0 Å². The first-order valence-electron chi connectivity index (χ1n) is 7.66. The van der Waals surface area contributed by atoms with Crippen LogP contribution in [0.5, 0.6) is 0 Å². The van der Waals surface area contributed by atoms with E-state index in [9.17, 15) is 4.79 Å². The third-order valence-corrected chi connectivity index (χ3v) is 4.38. The number of carbonyl (C=O) groups is 1. The molecule has 1 saturated carbocycles. The average Bonchev–Trinajstić information content (AvgIpc) is 2.80. The van der Waals surface area contributed by atoms with Gasteiger partial charge in [-0.25, -0.2) is 4.79 Å². The Labute approximate surface area is 130 Å². The number of furan rings is 1.